The number of fused-ring (bicyclic) bond motifs is 1. The number of hydrogen-bond donors (Lipinski definition) is 1. The Morgan fingerprint density at radius 3 is 2.56 bits per heavy atom. The molecule has 0 fully saturated rings. The van der Waals surface area contributed by atoms with Crippen LogP contribution in [0.2, 0.25) is 0 Å². The Hall–Kier alpha value is -2.43. The summed E-state index contributed by atoms with van der Waals surface area (Å²) in [5, 5.41) is 0. The Morgan fingerprint density at radius 2 is 1.78 bits per heavy atom. The lowest BCUT2D eigenvalue weighted by Gasteiger charge is -2.06. The molecule has 0 saturated heterocycles. The third-order valence-electron chi connectivity index (χ3n) is 2.75. The topological polar surface area (TPSA) is 43.8 Å². The summed E-state index contributed by atoms with van der Waals surface area (Å²) < 4.78 is 27.8. The van der Waals surface area contributed by atoms with Gasteiger partial charge in [-0.2, -0.15) is 0 Å². The van der Waals surface area contributed by atoms with E-state index in [1.807, 2.05) is 24.3 Å². The molecular weight excluding hydrogens is 236 g/mol. The van der Waals surface area contributed by atoms with Crippen molar-refractivity contribution in [2.24, 2.45) is 0 Å². The predicted octanol–water partition coefficient (Wildman–Crippen LogP) is 2.89. The fourth-order valence-electron chi connectivity index (χ4n) is 1.94. The number of para-hydroxylation sites is 2. The second kappa shape index (κ2) is 3.80. The molecule has 2 aromatic carbocycles. The van der Waals surface area contributed by atoms with E-state index >= 15 is 0 Å². The van der Waals surface area contributed by atoms with Gasteiger partial charge in [0.2, 0.25) is 5.95 Å². The van der Waals surface area contributed by atoms with Gasteiger partial charge in [0.1, 0.15) is 0 Å². The summed E-state index contributed by atoms with van der Waals surface area (Å²) in [5.41, 5.74) is 7.71. The molecule has 0 aliphatic heterocycles. The molecule has 0 bridgehead atoms. The van der Waals surface area contributed by atoms with E-state index in [0.29, 0.717) is 11.2 Å². The van der Waals surface area contributed by atoms with E-state index < -0.39 is 11.6 Å². The molecule has 5 heteroatoms. The highest BCUT2D eigenvalue weighted by molar-refractivity contribution is 5.80. The Balaban J connectivity index is 2.30. The van der Waals surface area contributed by atoms with Gasteiger partial charge >= 0.3 is 0 Å². The third-order valence-corrected chi connectivity index (χ3v) is 2.75. The Bertz CT molecular complexity index is 734. The third kappa shape index (κ3) is 1.52. The van der Waals surface area contributed by atoms with Gasteiger partial charge in [-0.1, -0.05) is 12.1 Å². The van der Waals surface area contributed by atoms with Crippen LogP contribution >= 0.6 is 0 Å². The number of aromatic nitrogens is 2. The second-order valence-corrected chi connectivity index (χ2v) is 3.89. The minimum Gasteiger partial charge on any atom is -0.369 e. The lowest BCUT2D eigenvalue weighted by Crippen LogP contribution is -2.01. The van der Waals surface area contributed by atoms with E-state index in [1.54, 1.807) is 4.57 Å². The first-order valence-corrected chi connectivity index (χ1v) is 5.35. The van der Waals surface area contributed by atoms with Crippen LogP contribution < -0.4 is 5.73 Å². The normalized spacial score (nSPS) is 11.0. The van der Waals surface area contributed by atoms with E-state index in [-0.39, 0.29) is 5.95 Å². The molecule has 90 valence electrons. The van der Waals surface area contributed by atoms with E-state index in [4.69, 9.17) is 5.73 Å². The summed E-state index contributed by atoms with van der Waals surface area (Å²) in [7, 11) is 0. The van der Waals surface area contributed by atoms with E-state index in [1.165, 1.54) is 6.07 Å². The maximum absolute atomic E-state index is 13.3. The van der Waals surface area contributed by atoms with Crippen LogP contribution in [0.4, 0.5) is 14.7 Å². The highest BCUT2D eigenvalue weighted by Gasteiger charge is 2.11. The molecule has 0 atom stereocenters. The quantitative estimate of drug-likeness (QED) is 0.716. The maximum Gasteiger partial charge on any atom is 0.205 e. The van der Waals surface area contributed by atoms with Crippen LogP contribution in [0.3, 0.4) is 0 Å². The molecule has 1 aromatic heterocycles. The van der Waals surface area contributed by atoms with Gasteiger partial charge in [-0.3, -0.25) is 4.57 Å². The van der Waals surface area contributed by atoms with Crippen LogP contribution in [0.25, 0.3) is 16.7 Å². The molecule has 18 heavy (non-hydrogen) atoms. The second-order valence-electron chi connectivity index (χ2n) is 3.89. The van der Waals surface area contributed by atoms with Crippen molar-refractivity contribution in [3.05, 3.63) is 54.1 Å². The number of anilines is 1. The van der Waals surface area contributed by atoms with Crippen molar-refractivity contribution in [1.82, 2.24) is 9.55 Å². The van der Waals surface area contributed by atoms with Gasteiger partial charge in [0.05, 0.1) is 16.7 Å². The zero-order chi connectivity index (χ0) is 12.7. The summed E-state index contributed by atoms with van der Waals surface area (Å²) in [4.78, 5) is 4.17. The minimum absolute atomic E-state index is 0.238. The van der Waals surface area contributed by atoms with Crippen LogP contribution in [-0.2, 0) is 0 Å². The SMILES string of the molecule is Nc1nc2ccccc2n1-c1ccc(F)c(F)c1. The van der Waals surface area contributed by atoms with Crippen molar-refractivity contribution in [3.8, 4) is 5.69 Å². The van der Waals surface area contributed by atoms with Crippen LogP contribution in [-0.4, -0.2) is 9.55 Å². The first-order chi connectivity index (χ1) is 8.66. The van der Waals surface area contributed by atoms with E-state index in [0.717, 1.165) is 17.6 Å². The molecule has 3 rings (SSSR count). The number of hydrogen-bond acceptors (Lipinski definition) is 2. The molecule has 3 nitrogen and oxygen atoms in total. The summed E-state index contributed by atoms with van der Waals surface area (Å²) in [6.07, 6.45) is 0. The molecule has 0 aliphatic rings. The largest absolute Gasteiger partial charge is 0.369 e. The fourth-order valence-corrected chi connectivity index (χ4v) is 1.94. The standard InChI is InChI=1S/C13H9F2N3/c14-9-6-5-8(7-10(9)15)18-12-4-2-1-3-11(12)17-13(18)16/h1-7H,(H2,16,17). The monoisotopic (exact) mass is 245 g/mol. The lowest BCUT2D eigenvalue weighted by molar-refractivity contribution is 0.508. The van der Waals surface area contributed by atoms with Gasteiger partial charge in [0.25, 0.3) is 0 Å². The number of nitrogens with two attached hydrogens (primary N) is 1. The summed E-state index contributed by atoms with van der Waals surface area (Å²) in [6.45, 7) is 0. The average molecular weight is 245 g/mol. The van der Waals surface area contributed by atoms with Gasteiger partial charge < -0.3 is 5.73 Å². The van der Waals surface area contributed by atoms with Crippen molar-refractivity contribution in [2.75, 3.05) is 5.73 Å². The number of halogens is 2. The van der Waals surface area contributed by atoms with E-state index in [2.05, 4.69) is 4.98 Å². The van der Waals surface area contributed by atoms with Gasteiger partial charge in [-0.05, 0) is 24.3 Å². The average Bonchev–Trinajstić information content (AvgIpc) is 2.69. The minimum atomic E-state index is -0.912. The Kier molecular flexibility index (Phi) is 2.26. The molecule has 0 unspecified atom stereocenters. The van der Waals surface area contributed by atoms with Crippen molar-refractivity contribution in [1.29, 1.82) is 0 Å². The molecule has 1 heterocycles. The number of nitrogen functional groups attached to an aromatic ring is 1. The van der Waals surface area contributed by atoms with Gasteiger partial charge in [-0.25, -0.2) is 13.8 Å². The van der Waals surface area contributed by atoms with Gasteiger partial charge in [-0.15, -0.1) is 0 Å². The summed E-state index contributed by atoms with van der Waals surface area (Å²) in [6, 6.07) is 10.9. The van der Waals surface area contributed by atoms with Crippen LogP contribution in [0, 0.1) is 11.6 Å². The van der Waals surface area contributed by atoms with Gasteiger partial charge in [0.15, 0.2) is 11.6 Å². The fraction of sp³-hybridized carbons (Fsp3) is 0. The first-order valence-electron chi connectivity index (χ1n) is 5.35. The smallest absolute Gasteiger partial charge is 0.205 e. The van der Waals surface area contributed by atoms with Crippen molar-refractivity contribution >= 4 is 17.0 Å². The molecule has 0 saturated carbocycles. The van der Waals surface area contributed by atoms with Crippen molar-refractivity contribution in [3.63, 3.8) is 0 Å². The molecule has 0 amide bonds. The van der Waals surface area contributed by atoms with Crippen LogP contribution in [0.5, 0.6) is 0 Å². The summed E-state index contributed by atoms with van der Waals surface area (Å²) in [5.74, 6) is -1.56. The predicted molar refractivity (Wildman–Crippen MR) is 65.4 cm³/mol. The van der Waals surface area contributed by atoms with Gasteiger partial charge in [0, 0.05) is 6.07 Å². The number of imidazole rings is 1. The highest BCUT2D eigenvalue weighted by Crippen LogP contribution is 2.23. The van der Waals surface area contributed by atoms with Crippen molar-refractivity contribution in [2.45, 2.75) is 0 Å². The lowest BCUT2D eigenvalue weighted by atomic mass is 10.2. The zero-order valence-electron chi connectivity index (χ0n) is 9.27. The molecule has 0 radical (unpaired) electrons. The number of rotatable bonds is 1. The molecule has 2 N–H and O–H groups in total. The maximum atomic E-state index is 13.3. The molecule has 0 spiro atoms. The Labute approximate surface area is 101 Å². The van der Waals surface area contributed by atoms with E-state index in [9.17, 15) is 8.78 Å². The van der Waals surface area contributed by atoms with Crippen LogP contribution in [0.1, 0.15) is 0 Å². The summed E-state index contributed by atoms with van der Waals surface area (Å²) >= 11 is 0. The molecule has 3 aromatic rings. The van der Waals surface area contributed by atoms with Crippen molar-refractivity contribution < 1.29 is 8.78 Å². The molecular formula is C13H9F2N3. The molecule has 0 aliphatic carbocycles. The number of benzene rings is 2. The first kappa shape index (κ1) is 10.7. The number of nitrogens with zero attached hydrogens (tertiary/aromatic N) is 2. The highest BCUT2D eigenvalue weighted by atomic mass is 19.2. The zero-order valence-corrected chi connectivity index (χ0v) is 9.27. The van der Waals surface area contributed by atoms with Crippen LogP contribution in [0.15, 0.2) is 42.5 Å². The Morgan fingerprint density at radius 1 is 1.00 bits per heavy atom.